The van der Waals surface area contributed by atoms with Crippen molar-refractivity contribution in [2.24, 2.45) is 5.92 Å². The number of ether oxygens (including phenoxy) is 1. The summed E-state index contributed by atoms with van der Waals surface area (Å²) in [5.41, 5.74) is 1.51. The summed E-state index contributed by atoms with van der Waals surface area (Å²) in [5, 5.41) is 11.6. The monoisotopic (exact) mass is 427 g/mol. The first-order valence-electron chi connectivity index (χ1n) is 9.94. The Morgan fingerprint density at radius 2 is 1.90 bits per heavy atom. The topological polar surface area (TPSA) is 99.5 Å². The maximum absolute atomic E-state index is 13.0. The van der Waals surface area contributed by atoms with Crippen LogP contribution in [0.15, 0.2) is 53.4 Å². The van der Waals surface area contributed by atoms with Crippen LogP contribution >= 0.6 is 0 Å². The summed E-state index contributed by atoms with van der Waals surface area (Å²) in [6, 6.07) is 15.5. The molecule has 1 fully saturated rings. The zero-order valence-corrected chi connectivity index (χ0v) is 17.7. The summed E-state index contributed by atoms with van der Waals surface area (Å²) in [7, 11) is -3.68. The minimum atomic E-state index is -3.68. The Bertz CT molecular complexity index is 1010. The smallest absolute Gasteiger partial charge is 0.243 e. The molecule has 7 nitrogen and oxygen atoms in total. The van der Waals surface area contributed by atoms with Gasteiger partial charge in [-0.25, -0.2) is 8.42 Å². The number of nitrogens with zero attached hydrogens (tertiary/aromatic N) is 2. The number of piperidine rings is 1. The lowest BCUT2D eigenvalue weighted by atomic mass is 9.98. The number of hydrogen-bond donors (Lipinski definition) is 1. The van der Waals surface area contributed by atoms with E-state index < -0.39 is 15.9 Å². The number of sulfonamides is 1. The van der Waals surface area contributed by atoms with Gasteiger partial charge in [-0.2, -0.15) is 9.57 Å². The Kier molecular flexibility index (Phi) is 7.08. The Balaban J connectivity index is 1.66. The highest BCUT2D eigenvalue weighted by Crippen LogP contribution is 2.26. The maximum Gasteiger partial charge on any atom is 0.243 e. The Morgan fingerprint density at radius 3 is 2.53 bits per heavy atom. The molecular weight excluding hydrogens is 402 g/mol. The average Bonchev–Trinajstić information content (AvgIpc) is 2.76. The molecule has 1 aliphatic rings. The molecule has 1 saturated heterocycles. The third-order valence-electron chi connectivity index (χ3n) is 5.03. The third kappa shape index (κ3) is 5.17. The predicted molar refractivity (Wildman–Crippen MR) is 113 cm³/mol. The van der Waals surface area contributed by atoms with E-state index in [9.17, 15) is 13.2 Å². The van der Waals surface area contributed by atoms with E-state index in [0.717, 1.165) is 5.56 Å². The largest absolute Gasteiger partial charge is 0.494 e. The van der Waals surface area contributed by atoms with E-state index in [-0.39, 0.29) is 17.3 Å². The van der Waals surface area contributed by atoms with E-state index in [1.165, 1.54) is 16.4 Å². The lowest BCUT2D eigenvalue weighted by molar-refractivity contribution is -0.120. The van der Waals surface area contributed by atoms with Crippen molar-refractivity contribution in [2.75, 3.05) is 25.0 Å². The average molecular weight is 428 g/mol. The highest BCUT2D eigenvalue weighted by molar-refractivity contribution is 7.89. The molecule has 1 atom stereocenters. The molecule has 1 heterocycles. The van der Waals surface area contributed by atoms with E-state index in [1.807, 2.05) is 6.92 Å². The molecule has 30 heavy (non-hydrogen) atoms. The number of benzene rings is 2. The number of anilines is 1. The lowest BCUT2D eigenvalue weighted by Crippen LogP contribution is -2.43. The van der Waals surface area contributed by atoms with Crippen molar-refractivity contribution in [3.05, 3.63) is 54.1 Å². The van der Waals surface area contributed by atoms with E-state index in [2.05, 4.69) is 11.4 Å². The van der Waals surface area contributed by atoms with Gasteiger partial charge in [-0.15, -0.1) is 0 Å². The van der Waals surface area contributed by atoms with Crippen LogP contribution in [0, 0.1) is 17.2 Å². The van der Waals surface area contributed by atoms with Crippen LogP contribution in [-0.4, -0.2) is 38.3 Å². The van der Waals surface area contributed by atoms with Crippen LogP contribution < -0.4 is 10.1 Å². The molecule has 0 bridgehead atoms. The molecule has 0 aromatic heterocycles. The molecule has 1 N–H and O–H groups in total. The Hall–Kier alpha value is -2.89. The van der Waals surface area contributed by atoms with Gasteiger partial charge in [-0.05, 0) is 61.7 Å². The lowest BCUT2D eigenvalue weighted by Gasteiger charge is -2.31. The van der Waals surface area contributed by atoms with Gasteiger partial charge in [0.25, 0.3) is 0 Å². The minimum absolute atomic E-state index is 0.147. The molecule has 1 unspecified atom stereocenters. The van der Waals surface area contributed by atoms with Crippen LogP contribution in [0.3, 0.4) is 0 Å². The number of nitriles is 1. The number of carbonyl (C=O) groups excluding carboxylic acids is 1. The quantitative estimate of drug-likeness (QED) is 0.732. The zero-order chi connectivity index (χ0) is 21.6. The van der Waals surface area contributed by atoms with Crippen molar-refractivity contribution < 1.29 is 17.9 Å². The normalized spacial score (nSPS) is 17.1. The van der Waals surface area contributed by atoms with E-state index in [1.54, 1.807) is 36.4 Å². The molecular formula is C22H25N3O4S. The minimum Gasteiger partial charge on any atom is -0.494 e. The zero-order valence-electron chi connectivity index (χ0n) is 16.9. The van der Waals surface area contributed by atoms with Gasteiger partial charge in [0.05, 0.1) is 29.9 Å². The second-order valence-corrected chi connectivity index (χ2v) is 9.07. The van der Waals surface area contributed by atoms with Gasteiger partial charge in [0.2, 0.25) is 15.9 Å². The summed E-state index contributed by atoms with van der Waals surface area (Å²) >= 11 is 0. The molecule has 0 saturated carbocycles. The van der Waals surface area contributed by atoms with Gasteiger partial charge in [0.1, 0.15) is 5.75 Å². The van der Waals surface area contributed by atoms with Crippen molar-refractivity contribution in [3.63, 3.8) is 0 Å². The SMILES string of the molecule is CCOc1ccc(S(=O)(=O)N2CCCC(C(=O)Nc3ccc(CC#N)cc3)C2)cc1. The maximum atomic E-state index is 13.0. The van der Waals surface area contributed by atoms with Gasteiger partial charge in [0.15, 0.2) is 0 Å². The highest BCUT2D eigenvalue weighted by Gasteiger charge is 2.33. The van der Waals surface area contributed by atoms with Crippen LogP contribution in [0.4, 0.5) is 5.69 Å². The van der Waals surface area contributed by atoms with Crippen molar-refractivity contribution in [1.29, 1.82) is 5.26 Å². The fourth-order valence-corrected chi connectivity index (χ4v) is 4.96. The number of amides is 1. The number of hydrogen-bond acceptors (Lipinski definition) is 5. The Labute approximate surface area is 177 Å². The van der Waals surface area contributed by atoms with E-state index in [4.69, 9.17) is 10.00 Å². The highest BCUT2D eigenvalue weighted by atomic mass is 32.2. The molecule has 0 spiro atoms. The predicted octanol–water partition coefficient (Wildman–Crippen LogP) is 3.19. The first kappa shape index (κ1) is 21.8. The standard InChI is InChI=1S/C22H25N3O4S/c1-2-29-20-9-11-21(12-10-20)30(27,28)25-15-3-4-18(16-25)22(26)24-19-7-5-17(6-8-19)13-14-23/h5-12,18H,2-4,13,15-16H2,1H3,(H,24,26). The van der Waals surface area contributed by atoms with Gasteiger partial charge < -0.3 is 10.1 Å². The molecule has 3 rings (SSSR count). The fourth-order valence-electron chi connectivity index (χ4n) is 3.44. The first-order valence-corrected chi connectivity index (χ1v) is 11.4. The van der Waals surface area contributed by atoms with Crippen LogP contribution in [0.25, 0.3) is 0 Å². The van der Waals surface area contributed by atoms with E-state index in [0.29, 0.717) is 43.9 Å². The molecule has 158 valence electrons. The van der Waals surface area contributed by atoms with Crippen molar-refractivity contribution in [2.45, 2.75) is 31.1 Å². The summed E-state index contributed by atoms with van der Waals surface area (Å²) in [6.45, 7) is 2.91. The number of rotatable bonds is 7. The third-order valence-corrected chi connectivity index (χ3v) is 6.91. The van der Waals surface area contributed by atoms with Crippen molar-refractivity contribution in [3.8, 4) is 11.8 Å². The fraction of sp³-hybridized carbons (Fsp3) is 0.364. The number of nitrogens with one attached hydrogen (secondary N) is 1. The van der Waals surface area contributed by atoms with Gasteiger partial charge >= 0.3 is 0 Å². The van der Waals surface area contributed by atoms with Crippen LogP contribution in [0.5, 0.6) is 5.75 Å². The molecule has 0 aliphatic carbocycles. The summed E-state index contributed by atoms with van der Waals surface area (Å²) < 4.78 is 32.8. The van der Waals surface area contributed by atoms with Crippen LogP contribution in [0.2, 0.25) is 0 Å². The van der Waals surface area contributed by atoms with Gasteiger partial charge in [0, 0.05) is 18.8 Å². The molecule has 2 aromatic carbocycles. The molecule has 8 heteroatoms. The van der Waals surface area contributed by atoms with Crippen LogP contribution in [-0.2, 0) is 21.2 Å². The molecule has 1 amide bonds. The summed E-state index contributed by atoms with van der Waals surface area (Å²) in [6.07, 6.45) is 1.57. The van der Waals surface area contributed by atoms with E-state index >= 15 is 0 Å². The first-order chi connectivity index (χ1) is 14.4. The van der Waals surface area contributed by atoms with Gasteiger partial charge in [-0.3, -0.25) is 4.79 Å². The molecule has 2 aromatic rings. The summed E-state index contributed by atoms with van der Waals surface area (Å²) in [5.74, 6) is -0.00206. The van der Waals surface area contributed by atoms with Gasteiger partial charge in [-0.1, -0.05) is 12.1 Å². The van der Waals surface area contributed by atoms with Crippen LogP contribution in [0.1, 0.15) is 25.3 Å². The molecule has 0 radical (unpaired) electrons. The van der Waals surface area contributed by atoms with Crippen molar-refractivity contribution >= 4 is 21.6 Å². The number of carbonyl (C=O) groups is 1. The second-order valence-electron chi connectivity index (χ2n) is 7.13. The Morgan fingerprint density at radius 1 is 1.20 bits per heavy atom. The second kappa shape index (κ2) is 9.74. The van der Waals surface area contributed by atoms with Crippen molar-refractivity contribution in [1.82, 2.24) is 4.31 Å². The molecule has 1 aliphatic heterocycles. The summed E-state index contributed by atoms with van der Waals surface area (Å²) in [4.78, 5) is 12.9.